The van der Waals surface area contributed by atoms with Crippen LogP contribution in [0.2, 0.25) is 0 Å². The van der Waals surface area contributed by atoms with Crippen LogP contribution in [-0.2, 0) is 28.9 Å². The molecule has 2 aromatic heterocycles. The lowest BCUT2D eigenvalue weighted by molar-refractivity contribution is -0.647. The van der Waals surface area contributed by atoms with Gasteiger partial charge in [-0.1, -0.05) is 9.83 Å². The highest BCUT2D eigenvalue weighted by Gasteiger charge is 2.46. The fourth-order valence-electron chi connectivity index (χ4n) is 3.40. The fourth-order valence-corrected chi connectivity index (χ4v) is 6.23. The lowest BCUT2D eigenvalue weighted by Crippen LogP contribution is -2.54. The van der Waals surface area contributed by atoms with Crippen LogP contribution in [0.5, 0.6) is 0 Å². The maximum absolute atomic E-state index is 13.2. The number of nitrogens with zero attached hydrogens (tertiary/aromatic N) is 4. The van der Waals surface area contributed by atoms with Crippen molar-refractivity contribution in [3.63, 3.8) is 0 Å². The summed E-state index contributed by atoms with van der Waals surface area (Å²) >= 11 is 4.05. The Kier molecular flexibility index (Phi) is 8.85. The van der Waals surface area contributed by atoms with Gasteiger partial charge in [0.15, 0.2) is 10.8 Å². The Hall–Kier alpha value is -3.83. The van der Waals surface area contributed by atoms with Crippen LogP contribution in [0.3, 0.4) is 0 Å². The third-order valence-corrected chi connectivity index (χ3v) is 8.74. The van der Waals surface area contributed by atoms with Gasteiger partial charge in [-0.25, -0.2) is 14.6 Å². The number of nitrogen functional groups attached to an aromatic ring is 1. The monoisotopic (exact) mass is 608 g/mol. The van der Waals surface area contributed by atoms with Crippen LogP contribution in [0, 0.1) is 0 Å². The number of hydroxylamine groups is 1. The zero-order valence-corrected chi connectivity index (χ0v) is 24.0. The number of anilines is 1. The van der Waals surface area contributed by atoms with Gasteiger partial charge < -0.3 is 20.5 Å². The van der Waals surface area contributed by atoms with Gasteiger partial charge in [0.1, 0.15) is 11.4 Å². The molecule has 2 aliphatic rings. The van der Waals surface area contributed by atoms with Gasteiger partial charge in [0, 0.05) is 33.9 Å². The Balaban J connectivity index is 1.51. The number of oxime groups is 1. The van der Waals surface area contributed by atoms with Crippen LogP contribution in [0.15, 0.2) is 51.2 Å². The Morgan fingerprint density at radius 1 is 1.35 bits per heavy atom. The second kappa shape index (κ2) is 12.1. The zero-order chi connectivity index (χ0) is 29.0. The first-order chi connectivity index (χ1) is 19.0. The van der Waals surface area contributed by atoms with Gasteiger partial charge in [0.05, 0.1) is 18.8 Å². The molecule has 0 aliphatic carbocycles. The molecule has 5 N–H and O–H groups in total. The van der Waals surface area contributed by atoms with Crippen molar-refractivity contribution in [1.29, 1.82) is 0 Å². The first-order valence-electron chi connectivity index (χ1n) is 11.7. The van der Waals surface area contributed by atoms with Gasteiger partial charge in [-0.15, -0.1) is 34.9 Å². The third-order valence-electron chi connectivity index (χ3n) is 5.69. The third kappa shape index (κ3) is 6.48. The molecule has 2 aliphatic heterocycles. The minimum Gasteiger partial charge on any atom is -0.478 e. The number of β-lactam (4-membered cyclic amide) rings is 1. The van der Waals surface area contributed by atoms with E-state index in [0.717, 1.165) is 16.2 Å². The number of thiazole rings is 1. The summed E-state index contributed by atoms with van der Waals surface area (Å²) in [6.45, 7) is 2.48. The second-order valence-corrected chi connectivity index (χ2v) is 12.0. The number of amides is 2. The molecule has 0 bridgehead atoms. The SMILES string of the molecule is CN[n+]1ccc(SCC2=C(C(=O)ONC(=O)/C(=N\OC(C)(C)C(=O)O)c3csc(N)n3)N3C(=O)C[C@@H]3SC2)cc1. The molecule has 0 aromatic carbocycles. The molecule has 0 radical (unpaired) electrons. The van der Waals surface area contributed by atoms with Crippen LogP contribution < -0.4 is 21.3 Å². The average molecular weight is 609 g/mol. The minimum absolute atomic E-state index is 0.0111. The van der Waals surface area contributed by atoms with Crippen molar-refractivity contribution in [3.8, 4) is 0 Å². The minimum atomic E-state index is -1.76. The zero-order valence-electron chi connectivity index (χ0n) is 21.6. The number of fused-ring (bicyclic) bond motifs is 1. The van der Waals surface area contributed by atoms with E-state index in [4.69, 9.17) is 15.4 Å². The van der Waals surface area contributed by atoms with Crippen LogP contribution in [0.25, 0.3) is 0 Å². The number of aliphatic carboxylic acids is 1. The van der Waals surface area contributed by atoms with E-state index in [1.807, 2.05) is 30.0 Å². The van der Waals surface area contributed by atoms with Crippen molar-refractivity contribution in [1.82, 2.24) is 15.4 Å². The summed E-state index contributed by atoms with van der Waals surface area (Å²) in [6.07, 6.45) is 4.00. The standard InChI is InChI=1S/C23H25N7O7S3/c1-23(2,21(34)35)37-27-17(14-11-40-22(24)26-14)19(32)28-36-20(33)18-12(10-39-16-8-15(31)30(16)18)9-38-13-4-6-29(25-3)7-5-13/h4-7,11,16,25H,8-10H2,1-3H3,(H3-,24,26,28,32,34,35)/p+1/b27-17-/t16-/m0/s1. The van der Waals surface area contributed by atoms with E-state index < -0.39 is 29.2 Å². The van der Waals surface area contributed by atoms with E-state index in [1.165, 1.54) is 35.9 Å². The molecule has 4 heterocycles. The summed E-state index contributed by atoms with van der Waals surface area (Å²) in [4.78, 5) is 66.4. The average Bonchev–Trinajstić information content (AvgIpc) is 3.35. The van der Waals surface area contributed by atoms with E-state index in [0.29, 0.717) is 23.5 Å². The van der Waals surface area contributed by atoms with E-state index >= 15 is 0 Å². The molecule has 0 spiro atoms. The van der Waals surface area contributed by atoms with Gasteiger partial charge >= 0.3 is 17.8 Å². The van der Waals surface area contributed by atoms with Crippen LogP contribution >= 0.6 is 34.9 Å². The number of carboxylic acid groups (broad SMARTS) is 1. The number of aromatic nitrogens is 2. The second-order valence-electron chi connectivity index (χ2n) is 8.88. The molecular formula is C23H26N7O7S3+. The molecular weight excluding hydrogens is 582 g/mol. The molecule has 14 nitrogen and oxygen atoms in total. The number of nitrogens with one attached hydrogen (secondary N) is 2. The number of carbonyl (C=O) groups is 4. The summed E-state index contributed by atoms with van der Waals surface area (Å²) in [5.41, 5.74) is 9.17. The number of thioether (sulfide) groups is 2. The number of nitrogens with two attached hydrogens (primary N) is 1. The molecule has 1 saturated heterocycles. The largest absolute Gasteiger partial charge is 0.478 e. The van der Waals surface area contributed by atoms with Gasteiger partial charge in [0.25, 0.3) is 0 Å². The smallest absolute Gasteiger partial charge is 0.379 e. The van der Waals surface area contributed by atoms with Crippen molar-refractivity contribution >= 4 is 69.5 Å². The van der Waals surface area contributed by atoms with Crippen molar-refractivity contribution in [2.24, 2.45) is 5.16 Å². The fraction of sp³-hybridized carbons (Fsp3) is 0.348. The molecule has 212 valence electrons. The van der Waals surface area contributed by atoms with E-state index in [1.54, 1.807) is 23.5 Å². The van der Waals surface area contributed by atoms with Crippen molar-refractivity contribution < 1.29 is 38.6 Å². The molecule has 40 heavy (non-hydrogen) atoms. The predicted molar refractivity (Wildman–Crippen MR) is 147 cm³/mol. The van der Waals surface area contributed by atoms with Crippen LogP contribution in [0.4, 0.5) is 5.13 Å². The maximum Gasteiger partial charge on any atom is 0.379 e. The summed E-state index contributed by atoms with van der Waals surface area (Å²) in [5, 5.41) is 14.3. The summed E-state index contributed by atoms with van der Waals surface area (Å²) in [6, 6.07) is 3.82. The summed E-state index contributed by atoms with van der Waals surface area (Å²) in [5.74, 6) is -2.58. The quantitative estimate of drug-likeness (QED) is 0.0973. The highest BCUT2D eigenvalue weighted by Crippen LogP contribution is 2.41. The Morgan fingerprint density at radius 2 is 2.08 bits per heavy atom. The molecule has 0 unspecified atom stereocenters. The first-order valence-corrected chi connectivity index (χ1v) is 14.6. The van der Waals surface area contributed by atoms with Gasteiger partial charge in [-0.05, 0) is 19.4 Å². The number of rotatable bonds is 10. The molecule has 1 atom stereocenters. The first kappa shape index (κ1) is 29.2. The normalized spacial score (nSPS) is 17.1. The molecule has 4 rings (SSSR count). The van der Waals surface area contributed by atoms with Gasteiger partial charge in [0.2, 0.25) is 23.9 Å². The lowest BCUT2D eigenvalue weighted by Gasteiger charge is -2.44. The number of pyridine rings is 1. The van der Waals surface area contributed by atoms with Crippen molar-refractivity contribution in [3.05, 3.63) is 46.9 Å². The molecule has 2 amide bonds. The predicted octanol–water partition coefficient (Wildman–Crippen LogP) is 0.696. The van der Waals surface area contributed by atoms with Crippen molar-refractivity contribution in [2.45, 2.75) is 36.1 Å². The molecule has 2 aromatic rings. The van der Waals surface area contributed by atoms with E-state index in [9.17, 15) is 24.3 Å². The van der Waals surface area contributed by atoms with Crippen LogP contribution in [0.1, 0.15) is 26.0 Å². The Labute approximate surface area is 240 Å². The highest BCUT2D eigenvalue weighted by molar-refractivity contribution is 8.01. The van der Waals surface area contributed by atoms with E-state index in [2.05, 4.69) is 15.6 Å². The molecule has 17 heteroatoms. The summed E-state index contributed by atoms with van der Waals surface area (Å²) in [7, 11) is 1.79. The number of carboxylic acids is 1. The van der Waals surface area contributed by atoms with Gasteiger partial charge in [-0.3, -0.25) is 14.5 Å². The molecule has 0 saturated carbocycles. The number of carbonyl (C=O) groups excluding carboxylic acids is 3. The number of hydrogen-bond acceptors (Lipinski definition) is 13. The summed E-state index contributed by atoms with van der Waals surface area (Å²) < 4.78 is 1.78. The number of hydrogen-bond donors (Lipinski definition) is 4. The van der Waals surface area contributed by atoms with Crippen LogP contribution in [-0.4, -0.2) is 74.0 Å². The Bertz CT molecular complexity index is 1390. The lowest BCUT2D eigenvalue weighted by atomic mass is 10.1. The van der Waals surface area contributed by atoms with E-state index in [-0.39, 0.29) is 27.8 Å². The van der Waals surface area contributed by atoms with Crippen molar-refractivity contribution in [2.75, 3.05) is 29.7 Å². The Morgan fingerprint density at radius 3 is 2.67 bits per heavy atom. The highest BCUT2D eigenvalue weighted by atomic mass is 32.2. The van der Waals surface area contributed by atoms with Gasteiger partial charge in [-0.2, -0.15) is 10.9 Å². The topological polar surface area (TPSA) is 189 Å². The maximum atomic E-state index is 13.2. The molecule has 1 fully saturated rings.